The molecular formula is C11H18N4O2. The van der Waals surface area contributed by atoms with Crippen molar-refractivity contribution in [3.8, 4) is 0 Å². The first-order chi connectivity index (χ1) is 8.20. The van der Waals surface area contributed by atoms with E-state index in [4.69, 9.17) is 10.3 Å². The van der Waals surface area contributed by atoms with Gasteiger partial charge in [0.05, 0.1) is 0 Å². The molecule has 1 aromatic heterocycles. The van der Waals surface area contributed by atoms with Crippen LogP contribution in [-0.2, 0) is 0 Å². The van der Waals surface area contributed by atoms with Gasteiger partial charge in [0.25, 0.3) is 11.7 Å². The molecule has 6 heteroatoms. The number of amides is 1. The summed E-state index contributed by atoms with van der Waals surface area (Å²) in [5.41, 5.74) is 5.53. The molecule has 1 aliphatic heterocycles. The molecule has 2 rings (SSSR count). The third-order valence-electron chi connectivity index (χ3n) is 3.20. The lowest BCUT2D eigenvalue weighted by Crippen LogP contribution is -2.39. The van der Waals surface area contributed by atoms with Gasteiger partial charge in [-0.1, -0.05) is 5.16 Å². The molecule has 2 heterocycles. The van der Waals surface area contributed by atoms with E-state index in [2.05, 4.69) is 10.1 Å². The molecule has 0 bridgehead atoms. The molecule has 1 aliphatic rings. The molecule has 0 aromatic carbocycles. The number of hydrogen-bond acceptors (Lipinski definition) is 5. The van der Waals surface area contributed by atoms with Gasteiger partial charge in [0, 0.05) is 20.0 Å². The van der Waals surface area contributed by atoms with Gasteiger partial charge in [0.1, 0.15) is 0 Å². The van der Waals surface area contributed by atoms with Gasteiger partial charge in [0.15, 0.2) is 0 Å². The number of carbonyl (C=O) groups is 1. The van der Waals surface area contributed by atoms with E-state index in [9.17, 15) is 4.79 Å². The number of hydrogen-bond donors (Lipinski definition) is 1. The topological polar surface area (TPSA) is 85.2 Å². The molecule has 0 unspecified atom stereocenters. The predicted octanol–water partition coefficient (Wildman–Crippen LogP) is 0.579. The van der Waals surface area contributed by atoms with Crippen molar-refractivity contribution in [3.63, 3.8) is 0 Å². The number of rotatable bonds is 3. The van der Waals surface area contributed by atoms with E-state index >= 15 is 0 Å². The molecule has 1 aromatic rings. The lowest BCUT2D eigenvalue weighted by molar-refractivity contribution is 0.0672. The lowest BCUT2D eigenvalue weighted by Gasteiger charge is -2.30. The minimum atomic E-state index is -0.131. The molecule has 6 nitrogen and oxygen atoms in total. The summed E-state index contributed by atoms with van der Waals surface area (Å²) in [7, 11) is 0. The van der Waals surface area contributed by atoms with Gasteiger partial charge in [0.2, 0.25) is 5.89 Å². The van der Waals surface area contributed by atoms with Gasteiger partial charge in [-0.2, -0.15) is 4.98 Å². The fraction of sp³-hybridized carbons (Fsp3) is 0.727. The second-order valence-corrected chi connectivity index (χ2v) is 4.45. The number of carbonyl (C=O) groups excluding carboxylic acids is 1. The Hall–Kier alpha value is -1.43. The normalized spacial score (nSPS) is 17.4. The Morgan fingerprint density at radius 1 is 1.53 bits per heavy atom. The molecule has 0 saturated carbocycles. The van der Waals surface area contributed by atoms with Crippen LogP contribution in [0.4, 0.5) is 0 Å². The summed E-state index contributed by atoms with van der Waals surface area (Å²) in [5.74, 6) is 1.11. The highest BCUT2D eigenvalue weighted by molar-refractivity contribution is 5.90. The molecule has 0 atom stereocenters. The largest absolute Gasteiger partial charge is 0.339 e. The van der Waals surface area contributed by atoms with Crippen LogP contribution in [0.15, 0.2) is 4.52 Å². The fourth-order valence-corrected chi connectivity index (χ4v) is 2.19. The van der Waals surface area contributed by atoms with Gasteiger partial charge in [-0.05, 0) is 31.7 Å². The summed E-state index contributed by atoms with van der Waals surface area (Å²) in [6, 6.07) is 0. The van der Waals surface area contributed by atoms with Crippen molar-refractivity contribution in [1.29, 1.82) is 0 Å². The molecule has 17 heavy (non-hydrogen) atoms. The number of piperidine rings is 1. The van der Waals surface area contributed by atoms with Crippen LogP contribution in [0.25, 0.3) is 0 Å². The van der Waals surface area contributed by atoms with Gasteiger partial charge < -0.3 is 15.2 Å². The highest BCUT2D eigenvalue weighted by Gasteiger charge is 2.25. The molecule has 2 N–H and O–H groups in total. The molecule has 0 aliphatic carbocycles. The SMILES string of the molecule is Cc1nc(C(=O)N2CCC(CCN)CC2)no1. The van der Waals surface area contributed by atoms with Crippen LogP contribution in [0.1, 0.15) is 35.8 Å². The zero-order chi connectivity index (χ0) is 12.3. The zero-order valence-corrected chi connectivity index (χ0v) is 10.1. The maximum Gasteiger partial charge on any atom is 0.295 e. The van der Waals surface area contributed by atoms with Gasteiger partial charge in [-0.25, -0.2) is 0 Å². The average Bonchev–Trinajstić information content (AvgIpc) is 2.76. The van der Waals surface area contributed by atoms with Crippen molar-refractivity contribution in [2.24, 2.45) is 11.7 Å². The van der Waals surface area contributed by atoms with Crippen LogP contribution in [-0.4, -0.2) is 40.6 Å². The van der Waals surface area contributed by atoms with Crippen LogP contribution >= 0.6 is 0 Å². The van der Waals surface area contributed by atoms with Gasteiger partial charge in [-0.3, -0.25) is 4.79 Å². The van der Waals surface area contributed by atoms with Crippen LogP contribution < -0.4 is 5.73 Å². The molecule has 1 fully saturated rings. The second kappa shape index (κ2) is 5.27. The minimum absolute atomic E-state index is 0.131. The standard InChI is InChI=1S/C11H18N4O2/c1-8-13-10(14-17-8)11(16)15-6-3-9(2-5-12)4-7-15/h9H,2-7,12H2,1H3. The Bertz CT molecular complexity index is 383. The summed E-state index contributed by atoms with van der Waals surface area (Å²) in [6.45, 7) is 3.92. The van der Waals surface area contributed by atoms with E-state index in [1.807, 2.05) is 0 Å². The number of nitrogens with zero attached hydrogens (tertiary/aromatic N) is 3. The number of aryl methyl sites for hydroxylation is 1. The summed E-state index contributed by atoms with van der Waals surface area (Å²) in [4.78, 5) is 17.7. The second-order valence-electron chi connectivity index (χ2n) is 4.45. The Morgan fingerprint density at radius 2 is 2.24 bits per heavy atom. The van der Waals surface area contributed by atoms with Crippen molar-refractivity contribution in [2.75, 3.05) is 19.6 Å². The maximum atomic E-state index is 12.0. The van der Waals surface area contributed by atoms with E-state index in [1.165, 1.54) is 0 Å². The number of aromatic nitrogens is 2. The van der Waals surface area contributed by atoms with Crippen LogP contribution in [0.5, 0.6) is 0 Å². The lowest BCUT2D eigenvalue weighted by atomic mass is 9.93. The van der Waals surface area contributed by atoms with Crippen LogP contribution in [0.3, 0.4) is 0 Å². The Labute approximate surface area is 100 Å². The first-order valence-electron chi connectivity index (χ1n) is 6.00. The first kappa shape index (κ1) is 12.0. The third-order valence-corrected chi connectivity index (χ3v) is 3.20. The van der Waals surface area contributed by atoms with E-state index < -0.39 is 0 Å². The van der Waals surface area contributed by atoms with E-state index in [0.29, 0.717) is 11.8 Å². The summed E-state index contributed by atoms with van der Waals surface area (Å²) in [6.07, 6.45) is 3.07. The molecule has 0 radical (unpaired) electrons. The summed E-state index contributed by atoms with van der Waals surface area (Å²) >= 11 is 0. The summed E-state index contributed by atoms with van der Waals surface area (Å²) < 4.78 is 4.81. The van der Waals surface area contributed by atoms with E-state index in [-0.39, 0.29) is 11.7 Å². The van der Waals surface area contributed by atoms with Crippen molar-refractivity contribution in [1.82, 2.24) is 15.0 Å². The van der Waals surface area contributed by atoms with Crippen LogP contribution in [0, 0.1) is 12.8 Å². The molecule has 1 amide bonds. The predicted molar refractivity (Wildman–Crippen MR) is 61.3 cm³/mol. The maximum absolute atomic E-state index is 12.0. The first-order valence-corrected chi connectivity index (χ1v) is 6.00. The minimum Gasteiger partial charge on any atom is -0.339 e. The Kier molecular flexibility index (Phi) is 3.73. The van der Waals surface area contributed by atoms with Crippen molar-refractivity contribution >= 4 is 5.91 Å². The number of likely N-dealkylation sites (tertiary alicyclic amines) is 1. The number of nitrogens with two attached hydrogens (primary N) is 1. The van der Waals surface area contributed by atoms with E-state index in [1.54, 1.807) is 11.8 Å². The van der Waals surface area contributed by atoms with Crippen LogP contribution in [0.2, 0.25) is 0 Å². The molecular weight excluding hydrogens is 220 g/mol. The zero-order valence-electron chi connectivity index (χ0n) is 10.1. The quantitative estimate of drug-likeness (QED) is 0.832. The monoisotopic (exact) mass is 238 g/mol. The highest BCUT2D eigenvalue weighted by atomic mass is 16.5. The summed E-state index contributed by atoms with van der Waals surface area (Å²) in [5, 5.41) is 3.65. The Balaban J connectivity index is 1.90. The van der Waals surface area contributed by atoms with Gasteiger partial charge in [-0.15, -0.1) is 0 Å². The Morgan fingerprint density at radius 3 is 2.76 bits per heavy atom. The van der Waals surface area contributed by atoms with Crippen molar-refractivity contribution in [2.45, 2.75) is 26.2 Å². The molecule has 0 spiro atoms. The molecule has 94 valence electrons. The smallest absolute Gasteiger partial charge is 0.295 e. The van der Waals surface area contributed by atoms with Gasteiger partial charge >= 0.3 is 0 Å². The van der Waals surface area contributed by atoms with Crippen molar-refractivity contribution < 1.29 is 9.32 Å². The molecule has 1 saturated heterocycles. The van der Waals surface area contributed by atoms with Crippen molar-refractivity contribution in [3.05, 3.63) is 11.7 Å². The third kappa shape index (κ3) is 2.82. The highest BCUT2D eigenvalue weighted by Crippen LogP contribution is 2.20. The van der Waals surface area contributed by atoms with E-state index in [0.717, 1.165) is 38.9 Å². The fourth-order valence-electron chi connectivity index (χ4n) is 2.19. The average molecular weight is 238 g/mol.